The highest BCUT2D eigenvalue weighted by Gasteiger charge is 2.59. The molecule has 1 saturated heterocycles. The van der Waals surface area contributed by atoms with Gasteiger partial charge in [-0.15, -0.1) is 0 Å². The van der Waals surface area contributed by atoms with Crippen molar-refractivity contribution in [3.63, 3.8) is 0 Å². The third-order valence-electron chi connectivity index (χ3n) is 5.42. The zero-order chi connectivity index (χ0) is 20.0. The molecule has 1 aromatic carbocycles. The Morgan fingerprint density at radius 2 is 1.82 bits per heavy atom. The molecular formula is C19H16BrClN2O5. The summed E-state index contributed by atoms with van der Waals surface area (Å²) in [5.74, 6) is -2.60. The van der Waals surface area contributed by atoms with Gasteiger partial charge in [-0.25, -0.2) is 0 Å². The number of likely N-dealkylation sites (tertiary alicyclic amines) is 1. The van der Waals surface area contributed by atoms with Crippen LogP contribution in [-0.2, 0) is 23.9 Å². The van der Waals surface area contributed by atoms with E-state index in [-0.39, 0.29) is 35.5 Å². The van der Waals surface area contributed by atoms with Crippen LogP contribution >= 0.6 is 27.5 Å². The van der Waals surface area contributed by atoms with Crippen LogP contribution in [0.15, 0.2) is 34.8 Å². The number of nitrogens with one attached hydrogen (secondary N) is 1. The molecule has 2 aliphatic carbocycles. The number of esters is 1. The van der Waals surface area contributed by atoms with Crippen LogP contribution in [0, 0.1) is 23.7 Å². The molecule has 146 valence electrons. The Kier molecular flexibility index (Phi) is 5.01. The van der Waals surface area contributed by atoms with Crippen molar-refractivity contribution >= 4 is 56.9 Å². The van der Waals surface area contributed by atoms with Gasteiger partial charge in [0.2, 0.25) is 11.8 Å². The molecule has 9 heteroatoms. The Balaban J connectivity index is 1.30. The molecule has 0 unspecified atom stereocenters. The second-order valence-electron chi connectivity index (χ2n) is 7.10. The smallest absolute Gasteiger partial charge is 0.326 e. The second kappa shape index (κ2) is 7.33. The molecule has 28 heavy (non-hydrogen) atoms. The highest BCUT2D eigenvalue weighted by molar-refractivity contribution is 9.10. The number of carbonyl (C=O) groups excluding carboxylic acids is 4. The van der Waals surface area contributed by atoms with Gasteiger partial charge in [0.25, 0.3) is 5.91 Å². The molecule has 1 heterocycles. The Morgan fingerprint density at radius 1 is 1.18 bits per heavy atom. The number of ether oxygens (including phenoxy) is 1. The Morgan fingerprint density at radius 3 is 2.43 bits per heavy atom. The van der Waals surface area contributed by atoms with Crippen LogP contribution in [0.25, 0.3) is 0 Å². The highest BCUT2D eigenvalue weighted by atomic mass is 79.9. The van der Waals surface area contributed by atoms with Gasteiger partial charge in [-0.3, -0.25) is 24.1 Å². The van der Waals surface area contributed by atoms with Crippen LogP contribution in [-0.4, -0.2) is 41.7 Å². The molecule has 3 aliphatic rings. The summed E-state index contributed by atoms with van der Waals surface area (Å²) in [5.41, 5.74) is 0.381. The maximum atomic E-state index is 12.5. The first kappa shape index (κ1) is 19.1. The highest BCUT2D eigenvalue weighted by Crippen LogP contribution is 2.52. The molecule has 4 atom stereocenters. The number of nitrogens with zero attached hydrogens (tertiary/aromatic N) is 1. The molecule has 1 aliphatic heterocycles. The molecule has 2 bridgehead atoms. The number of anilines is 1. The fourth-order valence-electron chi connectivity index (χ4n) is 4.22. The largest absolute Gasteiger partial charge is 0.454 e. The summed E-state index contributed by atoms with van der Waals surface area (Å²) in [6.07, 6.45) is 4.79. The number of rotatable bonds is 5. The van der Waals surface area contributed by atoms with Gasteiger partial charge in [0.15, 0.2) is 6.61 Å². The minimum absolute atomic E-state index is 0.0777. The number of hydrogen-bond acceptors (Lipinski definition) is 5. The maximum Gasteiger partial charge on any atom is 0.326 e. The molecule has 1 aromatic rings. The van der Waals surface area contributed by atoms with Crippen molar-refractivity contribution in [1.82, 2.24) is 4.90 Å². The fraction of sp³-hybridized carbons (Fsp3) is 0.368. The van der Waals surface area contributed by atoms with E-state index in [0.29, 0.717) is 10.7 Å². The van der Waals surface area contributed by atoms with Crippen molar-refractivity contribution in [2.45, 2.75) is 6.42 Å². The maximum absolute atomic E-state index is 12.5. The Labute approximate surface area is 174 Å². The lowest BCUT2D eigenvalue weighted by Crippen LogP contribution is -2.38. The van der Waals surface area contributed by atoms with E-state index >= 15 is 0 Å². The molecule has 0 spiro atoms. The third kappa shape index (κ3) is 3.35. The van der Waals surface area contributed by atoms with Crippen LogP contribution < -0.4 is 5.32 Å². The van der Waals surface area contributed by atoms with Crippen molar-refractivity contribution in [3.05, 3.63) is 39.8 Å². The number of allylic oxidation sites excluding steroid dienone is 2. The molecule has 3 amide bonds. The van der Waals surface area contributed by atoms with Gasteiger partial charge in [0.1, 0.15) is 6.54 Å². The number of amides is 3. The fourth-order valence-corrected chi connectivity index (χ4v) is 4.94. The number of benzene rings is 1. The topological polar surface area (TPSA) is 92.8 Å². The van der Waals surface area contributed by atoms with Crippen molar-refractivity contribution in [3.8, 4) is 0 Å². The molecule has 0 radical (unpaired) electrons. The summed E-state index contributed by atoms with van der Waals surface area (Å²) < 4.78 is 5.68. The van der Waals surface area contributed by atoms with E-state index in [2.05, 4.69) is 21.2 Å². The zero-order valence-corrected chi connectivity index (χ0v) is 16.9. The van der Waals surface area contributed by atoms with E-state index < -0.39 is 25.0 Å². The number of fused-ring (bicyclic) bond motifs is 5. The number of halogens is 2. The molecule has 7 nitrogen and oxygen atoms in total. The average Bonchev–Trinajstić information content (AvgIpc) is 3.32. The first-order chi connectivity index (χ1) is 13.3. The summed E-state index contributed by atoms with van der Waals surface area (Å²) >= 11 is 9.28. The molecule has 1 saturated carbocycles. The summed E-state index contributed by atoms with van der Waals surface area (Å²) in [6.45, 7) is -1.02. The van der Waals surface area contributed by atoms with E-state index in [9.17, 15) is 19.2 Å². The Hall–Kier alpha value is -2.19. The SMILES string of the molecule is O=C(COC(=O)CN1C(=O)[C@@H]2[C@@H](C1=O)[C@H]1C=C[C@H]2C1)Nc1ccc(Br)cc1Cl. The van der Waals surface area contributed by atoms with Crippen LogP contribution in [0.4, 0.5) is 5.69 Å². The van der Waals surface area contributed by atoms with Crippen LogP contribution in [0.3, 0.4) is 0 Å². The zero-order valence-electron chi connectivity index (χ0n) is 14.6. The first-order valence-corrected chi connectivity index (χ1v) is 9.96. The van der Waals surface area contributed by atoms with Crippen molar-refractivity contribution < 1.29 is 23.9 Å². The lowest BCUT2D eigenvalue weighted by atomic mass is 9.85. The lowest BCUT2D eigenvalue weighted by Gasteiger charge is -2.16. The van der Waals surface area contributed by atoms with Gasteiger partial charge in [-0.2, -0.15) is 0 Å². The number of carbonyl (C=O) groups is 4. The molecule has 2 fully saturated rings. The summed E-state index contributed by atoms with van der Waals surface area (Å²) in [4.78, 5) is 50.1. The second-order valence-corrected chi connectivity index (χ2v) is 8.42. The van der Waals surface area contributed by atoms with Gasteiger partial charge >= 0.3 is 5.97 Å². The van der Waals surface area contributed by atoms with Crippen molar-refractivity contribution in [2.75, 3.05) is 18.5 Å². The summed E-state index contributed by atoms with van der Waals surface area (Å²) in [5, 5.41) is 2.86. The Bertz CT molecular complexity index is 888. The molecule has 4 rings (SSSR count). The van der Waals surface area contributed by atoms with Crippen LogP contribution in [0.2, 0.25) is 5.02 Å². The van der Waals surface area contributed by atoms with E-state index in [0.717, 1.165) is 15.8 Å². The van der Waals surface area contributed by atoms with Gasteiger partial charge in [-0.1, -0.05) is 39.7 Å². The van der Waals surface area contributed by atoms with Gasteiger partial charge in [0.05, 0.1) is 22.5 Å². The molecule has 0 aromatic heterocycles. The van der Waals surface area contributed by atoms with Gasteiger partial charge < -0.3 is 10.1 Å². The monoisotopic (exact) mass is 466 g/mol. The average molecular weight is 468 g/mol. The summed E-state index contributed by atoms with van der Waals surface area (Å²) in [6, 6.07) is 4.93. The number of hydrogen-bond donors (Lipinski definition) is 1. The minimum atomic E-state index is -0.806. The predicted molar refractivity (Wildman–Crippen MR) is 103 cm³/mol. The molecule has 1 N–H and O–H groups in total. The first-order valence-electron chi connectivity index (χ1n) is 8.79. The predicted octanol–water partition coefficient (Wildman–Crippen LogP) is 2.39. The van der Waals surface area contributed by atoms with Crippen molar-refractivity contribution in [1.29, 1.82) is 0 Å². The van der Waals surface area contributed by atoms with E-state index in [1.165, 1.54) is 0 Å². The van der Waals surface area contributed by atoms with E-state index in [1.807, 2.05) is 12.2 Å². The van der Waals surface area contributed by atoms with E-state index in [4.69, 9.17) is 16.3 Å². The molecular weight excluding hydrogens is 452 g/mol. The lowest BCUT2D eigenvalue weighted by molar-refractivity contribution is -0.154. The van der Waals surface area contributed by atoms with Crippen molar-refractivity contribution in [2.24, 2.45) is 23.7 Å². The van der Waals surface area contributed by atoms with Crippen LogP contribution in [0.1, 0.15) is 6.42 Å². The summed E-state index contributed by atoms with van der Waals surface area (Å²) in [7, 11) is 0. The number of imide groups is 1. The normalized spacial score (nSPS) is 27.3. The minimum Gasteiger partial charge on any atom is -0.454 e. The van der Waals surface area contributed by atoms with Crippen LogP contribution in [0.5, 0.6) is 0 Å². The standard InChI is InChI=1S/C19H16BrClN2O5/c20-11-3-4-13(12(21)6-11)22-14(24)8-28-15(25)7-23-18(26)16-9-1-2-10(5-9)17(16)19(23)27/h1-4,6,9-10,16-17H,5,7-8H2,(H,22,24)/t9-,10-,16-,17-/m0/s1. The quantitative estimate of drug-likeness (QED) is 0.408. The van der Waals surface area contributed by atoms with Gasteiger partial charge in [0, 0.05) is 4.47 Å². The van der Waals surface area contributed by atoms with E-state index in [1.54, 1.807) is 18.2 Å². The third-order valence-corrected chi connectivity index (χ3v) is 6.22. The van der Waals surface area contributed by atoms with Gasteiger partial charge in [-0.05, 0) is 36.5 Å².